The van der Waals surface area contributed by atoms with E-state index >= 15 is 0 Å². The molecule has 1 aliphatic rings. The number of hydrogen-bond donors (Lipinski definition) is 5. The smallest absolute Gasteiger partial charge is 0.329 e. The molecule has 1 saturated heterocycles. The van der Waals surface area contributed by atoms with E-state index in [1.54, 1.807) is 13.8 Å². The molecule has 1 aromatic carbocycles. The van der Waals surface area contributed by atoms with Gasteiger partial charge < -0.3 is 35.2 Å². The second-order valence-electron chi connectivity index (χ2n) is 13.3. The number of benzene rings is 1. The highest BCUT2D eigenvalue weighted by Gasteiger charge is 2.38. The molecule has 10 nitrogen and oxygen atoms in total. The van der Waals surface area contributed by atoms with Crippen molar-refractivity contribution in [3.05, 3.63) is 35.9 Å². The van der Waals surface area contributed by atoms with E-state index < -0.39 is 66.4 Å². The van der Waals surface area contributed by atoms with Gasteiger partial charge in [0.2, 0.25) is 5.91 Å². The molecule has 10 heteroatoms. The second-order valence-corrected chi connectivity index (χ2v) is 13.3. The maximum absolute atomic E-state index is 13.7. The lowest BCUT2D eigenvalue weighted by Crippen LogP contribution is -2.47. The summed E-state index contributed by atoms with van der Waals surface area (Å²) in [5.74, 6) is -2.91. The van der Waals surface area contributed by atoms with Gasteiger partial charge in [-0.05, 0) is 61.8 Å². The molecule has 1 heterocycles. The molecule has 0 aliphatic carbocycles. The number of aliphatic hydroxyl groups is 4. The number of aliphatic hydroxyl groups excluding tert-OH is 4. The van der Waals surface area contributed by atoms with Crippen LogP contribution in [0.5, 0.6) is 0 Å². The predicted octanol–water partition coefficient (Wildman–Crippen LogP) is 3.17. The Morgan fingerprint density at radius 2 is 1.64 bits per heavy atom. The highest BCUT2D eigenvalue weighted by molar-refractivity contribution is 5.85. The molecule has 1 amide bonds. The third-order valence-electron chi connectivity index (χ3n) is 8.93. The lowest BCUT2D eigenvalue weighted by Gasteiger charge is -2.37. The Kier molecular flexibility index (Phi) is 15.3. The SMILES string of the molecule is CC(=O)O[C@H]([C@H](C)[C@H](O)C[C@H](C)O)[C@@H](C)C[C@H](C)[C@@H]1OC(=O)[C@H](Cc2ccccc2)NC(=O)C[C@@H](O)C[C@H](O)[C@H](C)C[C@H]1C. The zero-order valence-corrected chi connectivity index (χ0v) is 27.4. The summed E-state index contributed by atoms with van der Waals surface area (Å²) in [6, 6.07) is 8.30. The third kappa shape index (κ3) is 12.1. The fraction of sp³-hybridized carbons (Fsp3) is 0.735. The first kappa shape index (κ1) is 37.7. The number of carbonyl (C=O) groups excluding carboxylic acids is 3. The molecule has 1 aliphatic heterocycles. The summed E-state index contributed by atoms with van der Waals surface area (Å²) in [6.07, 6.45) is -3.63. The number of cyclic esters (lactones) is 1. The van der Waals surface area contributed by atoms with Gasteiger partial charge in [-0.2, -0.15) is 0 Å². The summed E-state index contributed by atoms with van der Waals surface area (Å²) >= 11 is 0. The first-order valence-corrected chi connectivity index (χ1v) is 16.0. The molecule has 0 aromatic heterocycles. The van der Waals surface area contributed by atoms with Crippen molar-refractivity contribution in [1.29, 1.82) is 0 Å². The van der Waals surface area contributed by atoms with Crippen molar-refractivity contribution in [2.45, 2.75) is 130 Å². The van der Waals surface area contributed by atoms with Crippen LogP contribution in [-0.4, -0.2) is 80.9 Å². The fourth-order valence-corrected chi connectivity index (χ4v) is 6.56. The Morgan fingerprint density at radius 3 is 2.23 bits per heavy atom. The van der Waals surface area contributed by atoms with Crippen LogP contribution in [0.3, 0.4) is 0 Å². The normalized spacial score (nSPS) is 29.7. The average molecular weight is 622 g/mol. The Labute approximate surface area is 262 Å². The first-order valence-electron chi connectivity index (χ1n) is 16.0. The molecule has 1 aromatic rings. The molecule has 0 saturated carbocycles. The lowest BCUT2D eigenvalue weighted by atomic mass is 9.78. The molecule has 2 rings (SSSR count). The van der Waals surface area contributed by atoms with Gasteiger partial charge in [-0.15, -0.1) is 0 Å². The van der Waals surface area contributed by atoms with E-state index in [1.165, 1.54) is 6.92 Å². The highest BCUT2D eigenvalue weighted by Crippen LogP contribution is 2.33. The summed E-state index contributed by atoms with van der Waals surface area (Å²) in [4.78, 5) is 38.6. The maximum atomic E-state index is 13.7. The van der Waals surface area contributed by atoms with E-state index in [-0.39, 0.29) is 49.4 Å². The molecule has 1 fully saturated rings. The van der Waals surface area contributed by atoms with Crippen molar-refractivity contribution in [3.8, 4) is 0 Å². The average Bonchev–Trinajstić information content (AvgIpc) is 2.93. The van der Waals surface area contributed by atoms with Gasteiger partial charge >= 0.3 is 11.9 Å². The molecule has 44 heavy (non-hydrogen) atoms. The van der Waals surface area contributed by atoms with Crippen LogP contribution in [0.25, 0.3) is 0 Å². The summed E-state index contributed by atoms with van der Waals surface area (Å²) in [6.45, 7) is 12.4. The maximum Gasteiger partial charge on any atom is 0.329 e. The molecule has 0 unspecified atom stereocenters. The van der Waals surface area contributed by atoms with Gasteiger partial charge in [-0.1, -0.05) is 65.0 Å². The number of nitrogens with one attached hydrogen (secondary N) is 1. The van der Waals surface area contributed by atoms with E-state index in [1.807, 2.05) is 58.0 Å². The van der Waals surface area contributed by atoms with Crippen LogP contribution in [0, 0.1) is 29.6 Å². The van der Waals surface area contributed by atoms with Crippen LogP contribution in [0.15, 0.2) is 30.3 Å². The van der Waals surface area contributed by atoms with Crippen molar-refractivity contribution in [2.24, 2.45) is 29.6 Å². The summed E-state index contributed by atoms with van der Waals surface area (Å²) in [7, 11) is 0. The molecular weight excluding hydrogens is 566 g/mol. The quantitative estimate of drug-likeness (QED) is 0.234. The van der Waals surface area contributed by atoms with E-state index in [4.69, 9.17) is 9.47 Å². The van der Waals surface area contributed by atoms with Crippen LogP contribution in [-0.2, 0) is 30.3 Å². The highest BCUT2D eigenvalue weighted by atomic mass is 16.6. The van der Waals surface area contributed by atoms with Gasteiger partial charge in [-0.25, -0.2) is 4.79 Å². The van der Waals surface area contributed by atoms with Crippen LogP contribution in [0.1, 0.15) is 86.1 Å². The van der Waals surface area contributed by atoms with Crippen LogP contribution >= 0.6 is 0 Å². The summed E-state index contributed by atoms with van der Waals surface area (Å²) in [5, 5.41) is 44.6. The van der Waals surface area contributed by atoms with Gasteiger partial charge in [0.15, 0.2) is 0 Å². The van der Waals surface area contributed by atoms with Crippen LogP contribution in [0.2, 0.25) is 0 Å². The van der Waals surface area contributed by atoms with Crippen molar-refractivity contribution in [2.75, 3.05) is 0 Å². The van der Waals surface area contributed by atoms with E-state index in [0.717, 1.165) is 5.56 Å². The standard InChI is InChI=1S/C34H55NO9/c1-19-13-20(2)32(21(3)14-22(4)33(43-25(7)37)24(6)30(40)15-23(5)36)44-34(42)28(16-26-11-9-8-10-12-26)35-31(41)18-27(38)17-29(19)39/h8-12,19-24,27-30,32-33,36,38-40H,13-18H2,1-7H3,(H,35,41)/t19-,20-,21+,22+,23+,24-,27+,28+,29+,30-,32-,33+/m1/s1. The van der Waals surface area contributed by atoms with Gasteiger partial charge in [0.25, 0.3) is 0 Å². The van der Waals surface area contributed by atoms with Gasteiger partial charge in [0.1, 0.15) is 18.2 Å². The molecule has 12 atom stereocenters. The Balaban J connectivity index is 2.38. The second kappa shape index (κ2) is 17.8. The molecule has 0 radical (unpaired) electrons. The largest absolute Gasteiger partial charge is 0.462 e. The topological polar surface area (TPSA) is 163 Å². The minimum atomic E-state index is -1.06. The number of rotatable bonds is 11. The minimum absolute atomic E-state index is 0.0352. The van der Waals surface area contributed by atoms with E-state index in [0.29, 0.717) is 12.8 Å². The third-order valence-corrected chi connectivity index (χ3v) is 8.93. The van der Waals surface area contributed by atoms with Crippen molar-refractivity contribution >= 4 is 17.8 Å². The van der Waals surface area contributed by atoms with Crippen molar-refractivity contribution in [3.63, 3.8) is 0 Å². The van der Waals surface area contributed by atoms with Gasteiger partial charge in [0.05, 0.1) is 30.8 Å². The number of amides is 1. The number of ether oxygens (including phenoxy) is 2. The molecule has 0 spiro atoms. The Hall–Kier alpha value is -2.53. The minimum Gasteiger partial charge on any atom is -0.462 e. The predicted molar refractivity (Wildman–Crippen MR) is 166 cm³/mol. The molecule has 0 bridgehead atoms. The lowest BCUT2D eigenvalue weighted by molar-refractivity contribution is -0.161. The number of esters is 2. The fourth-order valence-electron chi connectivity index (χ4n) is 6.56. The Morgan fingerprint density at radius 1 is 1.00 bits per heavy atom. The van der Waals surface area contributed by atoms with Crippen molar-refractivity contribution in [1.82, 2.24) is 5.32 Å². The molecule has 5 N–H and O–H groups in total. The van der Waals surface area contributed by atoms with Gasteiger partial charge in [-0.3, -0.25) is 9.59 Å². The summed E-state index contributed by atoms with van der Waals surface area (Å²) in [5.41, 5.74) is 0.837. The Bertz CT molecular complexity index is 1030. The number of carbonyl (C=O) groups is 3. The molecular formula is C34H55NO9. The zero-order chi connectivity index (χ0) is 33.1. The van der Waals surface area contributed by atoms with Crippen LogP contribution in [0.4, 0.5) is 0 Å². The zero-order valence-electron chi connectivity index (χ0n) is 27.4. The van der Waals surface area contributed by atoms with E-state index in [9.17, 15) is 34.8 Å². The molecule has 250 valence electrons. The van der Waals surface area contributed by atoms with E-state index in [2.05, 4.69) is 5.32 Å². The van der Waals surface area contributed by atoms with Crippen LogP contribution < -0.4 is 5.32 Å². The number of hydrogen-bond acceptors (Lipinski definition) is 9. The summed E-state index contributed by atoms with van der Waals surface area (Å²) < 4.78 is 11.9. The first-order chi connectivity index (χ1) is 20.6. The van der Waals surface area contributed by atoms with Gasteiger partial charge in [0, 0.05) is 19.3 Å². The van der Waals surface area contributed by atoms with Crippen molar-refractivity contribution < 1.29 is 44.3 Å². The monoisotopic (exact) mass is 621 g/mol.